The zero-order valence-corrected chi connectivity index (χ0v) is 10.8. The van der Waals surface area contributed by atoms with Gasteiger partial charge in [0, 0.05) is 0 Å². The number of carboxylic acids is 1. The standard InChI is InChI=1S/C12H14Cl2O2/c1-3-12(4-2,11(15)16)8-5-6-9(13)10(14)7-8/h5-7H,3-4H2,1-2H3,(H,15,16). The molecule has 1 rings (SSSR count). The minimum atomic E-state index is -0.867. The lowest BCUT2D eigenvalue weighted by atomic mass is 9.76. The highest BCUT2D eigenvalue weighted by Crippen LogP contribution is 2.35. The second-order valence-corrected chi connectivity index (χ2v) is 4.54. The summed E-state index contributed by atoms with van der Waals surface area (Å²) in [7, 11) is 0. The highest BCUT2D eigenvalue weighted by atomic mass is 35.5. The Kier molecular flexibility index (Phi) is 4.22. The van der Waals surface area contributed by atoms with E-state index in [1.165, 1.54) is 0 Å². The van der Waals surface area contributed by atoms with Gasteiger partial charge in [-0.15, -0.1) is 0 Å². The van der Waals surface area contributed by atoms with E-state index in [-0.39, 0.29) is 0 Å². The summed E-state index contributed by atoms with van der Waals surface area (Å²) in [5.74, 6) is -0.823. The van der Waals surface area contributed by atoms with Crippen molar-refractivity contribution in [3.05, 3.63) is 33.8 Å². The topological polar surface area (TPSA) is 37.3 Å². The summed E-state index contributed by atoms with van der Waals surface area (Å²) in [5, 5.41) is 10.2. The van der Waals surface area contributed by atoms with Crippen LogP contribution in [0.3, 0.4) is 0 Å². The number of carbonyl (C=O) groups is 1. The van der Waals surface area contributed by atoms with Gasteiger partial charge >= 0.3 is 5.97 Å². The molecule has 0 fully saturated rings. The van der Waals surface area contributed by atoms with Crippen LogP contribution in [0.2, 0.25) is 10.0 Å². The van der Waals surface area contributed by atoms with Gasteiger partial charge in [0.15, 0.2) is 0 Å². The molecular formula is C12H14Cl2O2. The number of aliphatic carboxylic acids is 1. The van der Waals surface area contributed by atoms with Crippen molar-refractivity contribution in [2.45, 2.75) is 32.1 Å². The predicted octanol–water partition coefficient (Wildman–Crippen LogP) is 4.14. The molecule has 0 heterocycles. The zero-order chi connectivity index (χ0) is 12.3. The van der Waals surface area contributed by atoms with E-state index in [0.29, 0.717) is 28.5 Å². The third-order valence-electron chi connectivity index (χ3n) is 3.09. The number of rotatable bonds is 4. The molecule has 0 aliphatic carbocycles. The molecule has 1 aromatic rings. The summed E-state index contributed by atoms with van der Waals surface area (Å²) in [6, 6.07) is 5.02. The summed E-state index contributed by atoms with van der Waals surface area (Å²) in [5.41, 5.74) is -0.159. The van der Waals surface area contributed by atoms with Crippen molar-refractivity contribution in [2.24, 2.45) is 0 Å². The van der Waals surface area contributed by atoms with Crippen LogP contribution in [0.4, 0.5) is 0 Å². The van der Waals surface area contributed by atoms with Crippen molar-refractivity contribution in [3.63, 3.8) is 0 Å². The second-order valence-electron chi connectivity index (χ2n) is 3.72. The quantitative estimate of drug-likeness (QED) is 0.884. The Balaban J connectivity index is 3.31. The lowest BCUT2D eigenvalue weighted by Gasteiger charge is -2.27. The van der Waals surface area contributed by atoms with E-state index in [9.17, 15) is 9.90 Å². The Bertz CT molecular complexity index is 398. The van der Waals surface area contributed by atoms with Gasteiger partial charge in [0.05, 0.1) is 15.5 Å². The fourth-order valence-corrected chi connectivity index (χ4v) is 2.18. The van der Waals surface area contributed by atoms with E-state index in [4.69, 9.17) is 23.2 Å². The molecule has 4 heteroatoms. The van der Waals surface area contributed by atoms with Crippen LogP contribution < -0.4 is 0 Å². The fraction of sp³-hybridized carbons (Fsp3) is 0.417. The van der Waals surface area contributed by atoms with Gasteiger partial charge in [0.25, 0.3) is 0 Å². The van der Waals surface area contributed by atoms with E-state index >= 15 is 0 Å². The SMILES string of the molecule is CCC(CC)(C(=O)O)c1ccc(Cl)c(Cl)c1. The van der Waals surface area contributed by atoms with E-state index in [1.807, 2.05) is 13.8 Å². The van der Waals surface area contributed by atoms with Gasteiger partial charge in [-0.25, -0.2) is 0 Å². The molecule has 88 valence electrons. The Morgan fingerprint density at radius 1 is 1.25 bits per heavy atom. The molecule has 0 amide bonds. The summed E-state index contributed by atoms with van der Waals surface area (Å²) < 4.78 is 0. The van der Waals surface area contributed by atoms with Gasteiger partial charge in [-0.1, -0.05) is 43.1 Å². The molecule has 0 spiro atoms. The van der Waals surface area contributed by atoms with Crippen molar-refractivity contribution < 1.29 is 9.90 Å². The van der Waals surface area contributed by atoms with Crippen LogP contribution in [0.1, 0.15) is 32.3 Å². The summed E-state index contributed by atoms with van der Waals surface area (Å²) in [6.45, 7) is 3.72. The normalized spacial score (nSPS) is 11.5. The molecule has 0 atom stereocenters. The Labute approximate surface area is 105 Å². The molecule has 1 N–H and O–H groups in total. The fourth-order valence-electron chi connectivity index (χ4n) is 1.88. The van der Waals surface area contributed by atoms with Gasteiger partial charge in [-0.3, -0.25) is 4.79 Å². The molecule has 0 unspecified atom stereocenters. The van der Waals surface area contributed by atoms with Gasteiger partial charge in [0.1, 0.15) is 0 Å². The largest absolute Gasteiger partial charge is 0.481 e. The van der Waals surface area contributed by atoms with Crippen LogP contribution in [0.5, 0.6) is 0 Å². The van der Waals surface area contributed by atoms with Gasteiger partial charge in [-0.05, 0) is 30.5 Å². The van der Waals surface area contributed by atoms with Crippen LogP contribution in [0.15, 0.2) is 18.2 Å². The van der Waals surface area contributed by atoms with Crippen LogP contribution in [0.25, 0.3) is 0 Å². The molecule has 1 aromatic carbocycles. The van der Waals surface area contributed by atoms with Crippen LogP contribution >= 0.6 is 23.2 Å². The molecule has 0 saturated heterocycles. The smallest absolute Gasteiger partial charge is 0.314 e. The number of halogens is 2. The molecule has 16 heavy (non-hydrogen) atoms. The van der Waals surface area contributed by atoms with Gasteiger partial charge in [-0.2, -0.15) is 0 Å². The number of carboxylic acid groups (broad SMARTS) is 1. The average Bonchev–Trinajstić information content (AvgIpc) is 2.25. The highest BCUT2D eigenvalue weighted by molar-refractivity contribution is 6.42. The third kappa shape index (κ3) is 2.18. The predicted molar refractivity (Wildman–Crippen MR) is 66.4 cm³/mol. The number of hydrogen-bond donors (Lipinski definition) is 1. The molecule has 0 saturated carbocycles. The summed E-state index contributed by atoms with van der Waals surface area (Å²) in [6.07, 6.45) is 1.05. The Morgan fingerprint density at radius 2 is 1.81 bits per heavy atom. The molecule has 0 aliphatic rings. The lowest BCUT2D eigenvalue weighted by Crippen LogP contribution is -2.34. The monoisotopic (exact) mass is 260 g/mol. The minimum absolute atomic E-state index is 0.395. The first-order valence-corrected chi connectivity index (χ1v) is 5.92. The van der Waals surface area contributed by atoms with E-state index in [1.54, 1.807) is 18.2 Å². The maximum absolute atomic E-state index is 11.4. The summed E-state index contributed by atoms with van der Waals surface area (Å²) in [4.78, 5) is 11.4. The van der Waals surface area contributed by atoms with Crippen molar-refractivity contribution in [3.8, 4) is 0 Å². The molecular weight excluding hydrogens is 247 g/mol. The highest BCUT2D eigenvalue weighted by Gasteiger charge is 2.36. The first-order chi connectivity index (χ1) is 7.47. The number of hydrogen-bond acceptors (Lipinski definition) is 1. The summed E-state index contributed by atoms with van der Waals surface area (Å²) >= 11 is 11.7. The second kappa shape index (κ2) is 5.07. The zero-order valence-electron chi connectivity index (χ0n) is 9.26. The van der Waals surface area contributed by atoms with E-state index in [0.717, 1.165) is 0 Å². The van der Waals surface area contributed by atoms with Crippen LogP contribution in [-0.4, -0.2) is 11.1 Å². The Morgan fingerprint density at radius 3 is 2.19 bits per heavy atom. The first kappa shape index (κ1) is 13.3. The average molecular weight is 261 g/mol. The van der Waals surface area contributed by atoms with Crippen LogP contribution in [-0.2, 0) is 10.2 Å². The molecule has 0 aliphatic heterocycles. The maximum atomic E-state index is 11.4. The van der Waals surface area contributed by atoms with Gasteiger partial charge < -0.3 is 5.11 Å². The Hall–Kier alpha value is -0.730. The first-order valence-electron chi connectivity index (χ1n) is 5.17. The van der Waals surface area contributed by atoms with Crippen LogP contribution in [0, 0.1) is 0 Å². The molecule has 0 bridgehead atoms. The number of benzene rings is 1. The lowest BCUT2D eigenvalue weighted by molar-refractivity contribution is -0.144. The van der Waals surface area contributed by atoms with E-state index in [2.05, 4.69) is 0 Å². The molecule has 0 radical (unpaired) electrons. The van der Waals surface area contributed by atoms with Crippen molar-refractivity contribution >= 4 is 29.2 Å². The van der Waals surface area contributed by atoms with Crippen molar-refractivity contribution in [1.29, 1.82) is 0 Å². The van der Waals surface area contributed by atoms with Crippen molar-refractivity contribution in [1.82, 2.24) is 0 Å². The third-order valence-corrected chi connectivity index (χ3v) is 3.83. The van der Waals surface area contributed by atoms with Crippen molar-refractivity contribution in [2.75, 3.05) is 0 Å². The van der Waals surface area contributed by atoms with E-state index < -0.39 is 11.4 Å². The molecule has 2 nitrogen and oxygen atoms in total. The maximum Gasteiger partial charge on any atom is 0.314 e. The minimum Gasteiger partial charge on any atom is -0.481 e. The van der Waals surface area contributed by atoms with Gasteiger partial charge in [0.2, 0.25) is 0 Å². The molecule has 0 aromatic heterocycles.